The Bertz CT molecular complexity index is 637. The zero-order valence-electron chi connectivity index (χ0n) is 13.7. The standard InChI is InChI=1S/C15H23N7O/c1-11-20-21-14(23-11)12-10-18-15(19-13(12)16-2)17-6-9-22-7-4-3-5-8-22/h10H,3-9H2,1-2H3,(H2,16,17,18,19). The molecule has 0 saturated carbocycles. The molecule has 0 amide bonds. The van der Waals surface area contributed by atoms with Gasteiger partial charge in [0.2, 0.25) is 11.8 Å². The Morgan fingerprint density at radius 1 is 1.22 bits per heavy atom. The fourth-order valence-corrected chi connectivity index (χ4v) is 2.73. The van der Waals surface area contributed by atoms with Crippen molar-refractivity contribution in [2.24, 2.45) is 0 Å². The van der Waals surface area contributed by atoms with E-state index in [9.17, 15) is 0 Å². The van der Waals surface area contributed by atoms with Crippen LogP contribution in [0.5, 0.6) is 0 Å². The maximum Gasteiger partial charge on any atom is 0.253 e. The fraction of sp³-hybridized carbons (Fsp3) is 0.600. The lowest BCUT2D eigenvalue weighted by Gasteiger charge is -2.26. The first-order valence-electron chi connectivity index (χ1n) is 8.08. The second-order valence-electron chi connectivity index (χ2n) is 5.66. The van der Waals surface area contributed by atoms with Crippen LogP contribution in [0.4, 0.5) is 11.8 Å². The van der Waals surface area contributed by atoms with Crippen molar-refractivity contribution in [3.8, 4) is 11.5 Å². The monoisotopic (exact) mass is 317 g/mol. The number of piperidine rings is 1. The summed E-state index contributed by atoms with van der Waals surface area (Å²) < 4.78 is 5.44. The minimum Gasteiger partial charge on any atom is -0.421 e. The second-order valence-corrected chi connectivity index (χ2v) is 5.66. The Labute approximate surface area is 135 Å². The van der Waals surface area contributed by atoms with Gasteiger partial charge in [0.05, 0.1) is 5.56 Å². The Morgan fingerprint density at radius 3 is 2.74 bits per heavy atom. The van der Waals surface area contributed by atoms with Crippen molar-refractivity contribution < 1.29 is 4.42 Å². The largest absolute Gasteiger partial charge is 0.421 e. The van der Waals surface area contributed by atoms with E-state index in [4.69, 9.17) is 4.42 Å². The third kappa shape index (κ3) is 3.95. The van der Waals surface area contributed by atoms with E-state index < -0.39 is 0 Å². The molecule has 1 fully saturated rings. The van der Waals surface area contributed by atoms with Crippen molar-refractivity contribution in [1.82, 2.24) is 25.1 Å². The van der Waals surface area contributed by atoms with Crippen LogP contribution in [-0.4, -0.2) is 58.3 Å². The first-order chi connectivity index (χ1) is 11.3. The summed E-state index contributed by atoms with van der Waals surface area (Å²) in [5.41, 5.74) is 0.703. The number of nitrogens with zero attached hydrogens (tertiary/aromatic N) is 5. The van der Waals surface area contributed by atoms with Gasteiger partial charge in [0.1, 0.15) is 5.82 Å². The average Bonchev–Trinajstić information content (AvgIpc) is 3.02. The average molecular weight is 317 g/mol. The number of aromatic nitrogens is 4. The van der Waals surface area contributed by atoms with Gasteiger partial charge in [0.15, 0.2) is 0 Å². The molecule has 23 heavy (non-hydrogen) atoms. The van der Waals surface area contributed by atoms with Crippen molar-refractivity contribution in [2.45, 2.75) is 26.2 Å². The third-order valence-electron chi connectivity index (χ3n) is 3.94. The number of likely N-dealkylation sites (tertiary alicyclic amines) is 1. The highest BCUT2D eigenvalue weighted by Crippen LogP contribution is 2.24. The zero-order chi connectivity index (χ0) is 16.1. The molecule has 3 heterocycles. The predicted molar refractivity (Wildman–Crippen MR) is 88.4 cm³/mol. The van der Waals surface area contributed by atoms with Crippen LogP contribution in [0.25, 0.3) is 11.5 Å². The molecular weight excluding hydrogens is 294 g/mol. The summed E-state index contributed by atoms with van der Waals surface area (Å²) in [4.78, 5) is 11.3. The van der Waals surface area contributed by atoms with Crippen LogP contribution in [0.3, 0.4) is 0 Å². The number of hydrogen-bond acceptors (Lipinski definition) is 8. The minimum atomic E-state index is 0.423. The highest BCUT2D eigenvalue weighted by Gasteiger charge is 2.14. The molecule has 0 spiro atoms. The first-order valence-corrected chi connectivity index (χ1v) is 8.08. The van der Waals surface area contributed by atoms with Gasteiger partial charge in [0, 0.05) is 33.3 Å². The van der Waals surface area contributed by atoms with Crippen LogP contribution < -0.4 is 10.6 Å². The molecule has 8 heteroatoms. The number of aryl methyl sites for hydroxylation is 1. The van der Waals surface area contributed by atoms with Gasteiger partial charge in [-0.05, 0) is 25.9 Å². The summed E-state index contributed by atoms with van der Waals surface area (Å²) in [6.07, 6.45) is 5.67. The van der Waals surface area contributed by atoms with E-state index >= 15 is 0 Å². The smallest absolute Gasteiger partial charge is 0.253 e. The molecule has 8 nitrogen and oxygen atoms in total. The molecule has 0 aliphatic carbocycles. The quantitative estimate of drug-likeness (QED) is 0.833. The molecule has 1 aliphatic heterocycles. The first kappa shape index (κ1) is 15.7. The van der Waals surface area contributed by atoms with Crippen molar-refractivity contribution in [1.29, 1.82) is 0 Å². The lowest BCUT2D eigenvalue weighted by atomic mass is 10.1. The number of nitrogens with one attached hydrogen (secondary N) is 2. The lowest BCUT2D eigenvalue weighted by Crippen LogP contribution is -2.33. The molecule has 124 valence electrons. The van der Waals surface area contributed by atoms with Crippen molar-refractivity contribution in [2.75, 3.05) is 43.9 Å². The molecule has 0 radical (unpaired) electrons. The summed E-state index contributed by atoms with van der Waals surface area (Å²) in [7, 11) is 1.81. The molecule has 0 bridgehead atoms. The predicted octanol–water partition coefficient (Wildman–Crippen LogP) is 1.77. The minimum absolute atomic E-state index is 0.423. The van der Waals surface area contributed by atoms with Gasteiger partial charge in [-0.15, -0.1) is 10.2 Å². The molecule has 2 aromatic heterocycles. The highest BCUT2D eigenvalue weighted by molar-refractivity contribution is 5.68. The van der Waals surface area contributed by atoms with Crippen LogP contribution >= 0.6 is 0 Å². The molecule has 0 aromatic carbocycles. The van der Waals surface area contributed by atoms with Crippen LogP contribution in [0.15, 0.2) is 10.6 Å². The molecule has 0 atom stereocenters. The van der Waals surface area contributed by atoms with Crippen molar-refractivity contribution >= 4 is 11.8 Å². The molecule has 2 aromatic rings. The van der Waals surface area contributed by atoms with E-state index in [2.05, 4.69) is 35.7 Å². The van der Waals surface area contributed by atoms with E-state index in [-0.39, 0.29) is 0 Å². The van der Waals surface area contributed by atoms with Gasteiger partial charge in [0.25, 0.3) is 5.89 Å². The van der Waals surface area contributed by atoms with Gasteiger partial charge >= 0.3 is 0 Å². The maximum absolute atomic E-state index is 5.44. The molecular formula is C15H23N7O. The molecule has 1 aliphatic rings. The van der Waals surface area contributed by atoms with Gasteiger partial charge in [-0.1, -0.05) is 6.42 Å². The third-order valence-corrected chi connectivity index (χ3v) is 3.94. The number of rotatable bonds is 6. The van der Waals surface area contributed by atoms with E-state index in [0.29, 0.717) is 29.1 Å². The summed E-state index contributed by atoms with van der Waals surface area (Å²) >= 11 is 0. The maximum atomic E-state index is 5.44. The van der Waals surface area contributed by atoms with E-state index in [1.807, 2.05) is 7.05 Å². The van der Waals surface area contributed by atoms with Crippen LogP contribution in [-0.2, 0) is 0 Å². The van der Waals surface area contributed by atoms with E-state index in [1.54, 1.807) is 13.1 Å². The van der Waals surface area contributed by atoms with Crippen molar-refractivity contribution in [3.05, 3.63) is 12.1 Å². The van der Waals surface area contributed by atoms with Gasteiger partial charge in [-0.2, -0.15) is 4.98 Å². The molecule has 3 rings (SSSR count). The van der Waals surface area contributed by atoms with E-state index in [0.717, 1.165) is 13.1 Å². The highest BCUT2D eigenvalue weighted by atomic mass is 16.4. The van der Waals surface area contributed by atoms with Gasteiger partial charge in [-0.25, -0.2) is 4.98 Å². The van der Waals surface area contributed by atoms with E-state index in [1.165, 1.54) is 32.4 Å². The summed E-state index contributed by atoms with van der Waals surface area (Å²) in [5.74, 6) is 2.22. The van der Waals surface area contributed by atoms with Crippen molar-refractivity contribution in [3.63, 3.8) is 0 Å². The normalized spacial score (nSPS) is 15.6. The van der Waals surface area contributed by atoms with Gasteiger partial charge in [-0.3, -0.25) is 0 Å². The summed E-state index contributed by atoms with van der Waals surface area (Å²) in [6.45, 7) is 6.00. The number of anilines is 2. The Kier molecular flexibility index (Phi) is 5.02. The summed E-state index contributed by atoms with van der Waals surface area (Å²) in [6, 6.07) is 0. The molecule has 2 N–H and O–H groups in total. The molecule has 0 unspecified atom stereocenters. The SMILES string of the molecule is CNc1nc(NCCN2CCCCC2)ncc1-c1nnc(C)o1. The van der Waals surface area contributed by atoms with Gasteiger partial charge < -0.3 is 20.0 Å². The van der Waals surface area contributed by atoms with Crippen LogP contribution in [0.2, 0.25) is 0 Å². The van der Waals surface area contributed by atoms with Crippen LogP contribution in [0, 0.1) is 6.92 Å². The number of hydrogen-bond donors (Lipinski definition) is 2. The Balaban J connectivity index is 1.62. The molecule has 1 saturated heterocycles. The Morgan fingerprint density at radius 2 is 2.04 bits per heavy atom. The summed E-state index contributed by atoms with van der Waals surface area (Å²) in [5, 5.41) is 14.2. The Hall–Kier alpha value is -2.22. The second kappa shape index (κ2) is 7.36. The lowest BCUT2D eigenvalue weighted by molar-refractivity contribution is 0.237. The topological polar surface area (TPSA) is 92.0 Å². The zero-order valence-corrected chi connectivity index (χ0v) is 13.7. The van der Waals surface area contributed by atoms with Crippen LogP contribution in [0.1, 0.15) is 25.2 Å². The fourth-order valence-electron chi connectivity index (χ4n) is 2.73.